The van der Waals surface area contributed by atoms with E-state index in [0.717, 1.165) is 11.1 Å². The van der Waals surface area contributed by atoms with E-state index in [4.69, 9.17) is 4.74 Å². The molecule has 4 aromatic rings. The number of esters is 1. The van der Waals surface area contributed by atoms with Gasteiger partial charge < -0.3 is 14.5 Å². The third kappa shape index (κ3) is 3.48. The Kier molecular flexibility index (Phi) is 4.60. The Morgan fingerprint density at radius 2 is 1.75 bits per heavy atom. The predicted molar refractivity (Wildman–Crippen MR) is 106 cm³/mol. The smallest absolute Gasteiger partial charge is 0.337 e. The molecule has 0 unspecified atom stereocenters. The second-order valence-electron chi connectivity index (χ2n) is 6.20. The van der Waals surface area contributed by atoms with Crippen LogP contribution in [0.1, 0.15) is 20.8 Å². The monoisotopic (exact) mass is 371 g/mol. The maximum atomic E-state index is 12.5. The van der Waals surface area contributed by atoms with Crippen molar-refractivity contribution in [3.63, 3.8) is 0 Å². The number of carbonyl (C=O) groups excluding carboxylic acids is 2. The summed E-state index contributed by atoms with van der Waals surface area (Å²) in [4.78, 5) is 28.6. The molecule has 4 rings (SSSR count). The van der Waals surface area contributed by atoms with Gasteiger partial charge in [0.15, 0.2) is 0 Å². The molecule has 0 spiro atoms. The summed E-state index contributed by atoms with van der Waals surface area (Å²) in [6, 6.07) is 20.2. The van der Waals surface area contributed by atoms with Gasteiger partial charge in [-0.1, -0.05) is 30.3 Å². The third-order valence-electron chi connectivity index (χ3n) is 4.33. The lowest BCUT2D eigenvalue weighted by Crippen LogP contribution is -2.11. The number of fused-ring (bicyclic) bond motifs is 1. The molecule has 1 N–H and O–H groups in total. The van der Waals surface area contributed by atoms with E-state index < -0.39 is 0 Å². The van der Waals surface area contributed by atoms with Gasteiger partial charge in [0.25, 0.3) is 5.91 Å². The predicted octanol–water partition coefficient (Wildman–Crippen LogP) is 4.04. The molecule has 0 saturated carbocycles. The highest BCUT2D eigenvalue weighted by molar-refractivity contribution is 6.03. The highest BCUT2D eigenvalue weighted by Crippen LogP contribution is 2.22. The fourth-order valence-corrected chi connectivity index (χ4v) is 2.93. The summed E-state index contributed by atoms with van der Waals surface area (Å²) < 4.78 is 6.57. The Bertz CT molecular complexity index is 1170. The summed E-state index contributed by atoms with van der Waals surface area (Å²) in [6.07, 6.45) is 3.55. The molecule has 0 fully saturated rings. The number of hydrogen-bond donors (Lipinski definition) is 1. The van der Waals surface area contributed by atoms with Gasteiger partial charge in [-0.15, -0.1) is 0 Å². The molecule has 0 aliphatic heterocycles. The third-order valence-corrected chi connectivity index (χ3v) is 4.33. The molecule has 0 aliphatic rings. The van der Waals surface area contributed by atoms with Crippen LogP contribution >= 0.6 is 0 Å². The molecule has 6 heteroatoms. The summed E-state index contributed by atoms with van der Waals surface area (Å²) in [5, 5.41) is 2.83. The van der Waals surface area contributed by atoms with Crippen LogP contribution in [0.15, 0.2) is 79.1 Å². The Labute approximate surface area is 161 Å². The number of ether oxygens (including phenoxy) is 1. The quantitative estimate of drug-likeness (QED) is 0.550. The van der Waals surface area contributed by atoms with Crippen LogP contribution in [0.3, 0.4) is 0 Å². The topological polar surface area (TPSA) is 72.7 Å². The van der Waals surface area contributed by atoms with Gasteiger partial charge in [0.1, 0.15) is 11.3 Å². The van der Waals surface area contributed by atoms with E-state index in [-0.39, 0.29) is 11.9 Å². The zero-order chi connectivity index (χ0) is 19.5. The summed E-state index contributed by atoms with van der Waals surface area (Å²) in [6.45, 7) is 0. The first-order valence-corrected chi connectivity index (χ1v) is 8.68. The maximum absolute atomic E-state index is 12.5. The average molecular weight is 371 g/mol. The van der Waals surface area contributed by atoms with E-state index in [1.807, 2.05) is 54.7 Å². The first-order chi connectivity index (χ1) is 13.6. The van der Waals surface area contributed by atoms with E-state index in [2.05, 4.69) is 10.3 Å². The Hall–Kier alpha value is -3.93. The van der Waals surface area contributed by atoms with Gasteiger partial charge in [-0.3, -0.25) is 4.79 Å². The largest absolute Gasteiger partial charge is 0.465 e. The van der Waals surface area contributed by atoms with Gasteiger partial charge in [-0.25, -0.2) is 9.78 Å². The number of rotatable bonds is 4. The summed E-state index contributed by atoms with van der Waals surface area (Å²) in [5.41, 5.74) is 3.94. The van der Waals surface area contributed by atoms with Crippen LogP contribution in [-0.4, -0.2) is 28.4 Å². The molecular weight excluding hydrogens is 354 g/mol. The molecule has 6 nitrogen and oxygen atoms in total. The van der Waals surface area contributed by atoms with Crippen LogP contribution in [0.25, 0.3) is 16.8 Å². The van der Waals surface area contributed by atoms with Crippen molar-refractivity contribution >= 4 is 23.2 Å². The number of para-hydroxylation sites is 1. The molecule has 0 atom stereocenters. The Morgan fingerprint density at radius 1 is 0.929 bits per heavy atom. The lowest BCUT2D eigenvalue weighted by Gasteiger charge is -2.05. The number of benzene rings is 2. The number of carbonyl (C=O) groups is 2. The number of aromatic nitrogens is 2. The first-order valence-electron chi connectivity index (χ1n) is 8.68. The van der Waals surface area contributed by atoms with Gasteiger partial charge in [0.2, 0.25) is 0 Å². The number of anilines is 1. The van der Waals surface area contributed by atoms with Crippen LogP contribution in [0, 0.1) is 0 Å². The standard InChI is InChI=1S/C22H17N3O3/c1-28-22(27)16-7-5-6-15(12-16)17-10-11-20-24-19(14-25(20)13-17)21(26)23-18-8-3-2-4-9-18/h2-14H,1H3,(H,23,26). The first kappa shape index (κ1) is 17.5. The second kappa shape index (κ2) is 7.36. The normalized spacial score (nSPS) is 10.6. The fraction of sp³-hybridized carbons (Fsp3) is 0.0455. The molecule has 2 aromatic heterocycles. The minimum Gasteiger partial charge on any atom is -0.465 e. The SMILES string of the molecule is COC(=O)c1cccc(-c2ccc3nc(C(=O)Nc4ccccc4)cn3c2)c1. The highest BCUT2D eigenvalue weighted by atomic mass is 16.5. The van der Waals surface area contributed by atoms with Crippen molar-refractivity contribution in [3.05, 3.63) is 90.4 Å². The summed E-state index contributed by atoms with van der Waals surface area (Å²) in [5.74, 6) is -0.658. The minimum absolute atomic E-state index is 0.274. The number of pyridine rings is 1. The van der Waals surface area contributed by atoms with Gasteiger partial charge in [0.05, 0.1) is 12.7 Å². The zero-order valence-corrected chi connectivity index (χ0v) is 15.1. The molecule has 2 aromatic carbocycles. The molecule has 0 saturated heterocycles. The lowest BCUT2D eigenvalue weighted by molar-refractivity contribution is 0.0600. The maximum Gasteiger partial charge on any atom is 0.337 e. The molecule has 0 aliphatic carbocycles. The van der Waals surface area contributed by atoms with E-state index in [1.165, 1.54) is 7.11 Å². The number of methoxy groups -OCH3 is 1. The fourth-order valence-electron chi connectivity index (χ4n) is 2.93. The number of nitrogens with one attached hydrogen (secondary N) is 1. The molecular formula is C22H17N3O3. The van der Waals surface area contributed by atoms with Crippen LogP contribution in [0.4, 0.5) is 5.69 Å². The number of hydrogen-bond acceptors (Lipinski definition) is 4. The second-order valence-corrected chi connectivity index (χ2v) is 6.20. The molecule has 28 heavy (non-hydrogen) atoms. The van der Waals surface area contributed by atoms with E-state index in [0.29, 0.717) is 22.6 Å². The van der Waals surface area contributed by atoms with Gasteiger partial charge in [-0.05, 0) is 47.5 Å². The average Bonchev–Trinajstić information content (AvgIpc) is 3.17. The van der Waals surface area contributed by atoms with Crippen molar-refractivity contribution in [2.45, 2.75) is 0 Å². The van der Waals surface area contributed by atoms with E-state index >= 15 is 0 Å². The van der Waals surface area contributed by atoms with Gasteiger partial charge >= 0.3 is 5.97 Å². The van der Waals surface area contributed by atoms with Crippen LogP contribution in [-0.2, 0) is 4.74 Å². The Morgan fingerprint density at radius 3 is 2.54 bits per heavy atom. The van der Waals surface area contributed by atoms with Crippen LogP contribution in [0.5, 0.6) is 0 Å². The van der Waals surface area contributed by atoms with Gasteiger partial charge in [0, 0.05) is 18.1 Å². The number of amides is 1. The van der Waals surface area contributed by atoms with E-state index in [1.54, 1.807) is 28.8 Å². The lowest BCUT2D eigenvalue weighted by atomic mass is 10.0. The van der Waals surface area contributed by atoms with Crippen molar-refractivity contribution in [1.29, 1.82) is 0 Å². The molecule has 138 valence electrons. The summed E-state index contributed by atoms with van der Waals surface area (Å²) in [7, 11) is 1.36. The molecule has 1 amide bonds. The van der Waals surface area contributed by atoms with E-state index in [9.17, 15) is 9.59 Å². The van der Waals surface area contributed by atoms with Crippen molar-refractivity contribution in [3.8, 4) is 11.1 Å². The number of nitrogens with zero attached hydrogens (tertiary/aromatic N) is 2. The van der Waals surface area contributed by atoms with Crippen LogP contribution < -0.4 is 5.32 Å². The van der Waals surface area contributed by atoms with Crippen molar-refractivity contribution in [2.24, 2.45) is 0 Å². The van der Waals surface area contributed by atoms with Crippen molar-refractivity contribution in [1.82, 2.24) is 9.38 Å². The van der Waals surface area contributed by atoms with Crippen LogP contribution in [0.2, 0.25) is 0 Å². The zero-order valence-electron chi connectivity index (χ0n) is 15.1. The molecule has 0 bridgehead atoms. The van der Waals surface area contributed by atoms with Crippen molar-refractivity contribution in [2.75, 3.05) is 12.4 Å². The summed E-state index contributed by atoms with van der Waals surface area (Å²) >= 11 is 0. The minimum atomic E-state index is -0.384. The molecule has 2 heterocycles. The van der Waals surface area contributed by atoms with Crippen molar-refractivity contribution < 1.29 is 14.3 Å². The number of imidazole rings is 1. The van der Waals surface area contributed by atoms with Gasteiger partial charge in [-0.2, -0.15) is 0 Å². The Balaban J connectivity index is 1.63. The molecule has 0 radical (unpaired) electrons. The highest BCUT2D eigenvalue weighted by Gasteiger charge is 2.12.